The van der Waals surface area contributed by atoms with Crippen LogP contribution < -0.4 is 11.5 Å². The van der Waals surface area contributed by atoms with E-state index in [0.29, 0.717) is 16.7 Å². The third kappa shape index (κ3) is 2.87. The van der Waals surface area contributed by atoms with E-state index in [0.717, 1.165) is 17.0 Å². The highest BCUT2D eigenvalue weighted by molar-refractivity contribution is 6.06. The van der Waals surface area contributed by atoms with E-state index in [1.807, 2.05) is 12.1 Å². The number of carbonyl (C=O) groups is 1. The van der Waals surface area contributed by atoms with E-state index in [1.54, 1.807) is 30.3 Å². The predicted molar refractivity (Wildman–Crippen MR) is 87.3 cm³/mol. The van der Waals surface area contributed by atoms with E-state index in [1.165, 1.54) is 6.20 Å². The minimum absolute atomic E-state index is 0.302. The highest BCUT2D eigenvalue weighted by Crippen LogP contribution is 2.30. The Bertz CT molecular complexity index is 933. The molecule has 3 aromatic rings. The van der Waals surface area contributed by atoms with E-state index >= 15 is 0 Å². The molecule has 3 rings (SSSR count). The van der Waals surface area contributed by atoms with E-state index in [2.05, 4.69) is 9.98 Å². The molecule has 2 aromatic carbocycles. The zero-order valence-electron chi connectivity index (χ0n) is 12.0. The van der Waals surface area contributed by atoms with Crippen molar-refractivity contribution in [1.82, 2.24) is 4.98 Å². The van der Waals surface area contributed by atoms with Crippen LogP contribution in [0.5, 0.6) is 0 Å². The first kappa shape index (κ1) is 14.6. The molecule has 1 heterocycles. The van der Waals surface area contributed by atoms with Gasteiger partial charge in [0.1, 0.15) is 5.82 Å². The number of guanidine groups is 1. The molecular formula is C17H13FN4O. The van der Waals surface area contributed by atoms with Gasteiger partial charge in [-0.3, -0.25) is 9.78 Å². The minimum atomic E-state index is -0.545. The summed E-state index contributed by atoms with van der Waals surface area (Å²) in [4.78, 5) is 19.3. The van der Waals surface area contributed by atoms with E-state index in [4.69, 9.17) is 11.5 Å². The van der Waals surface area contributed by atoms with Gasteiger partial charge in [-0.2, -0.15) is 4.99 Å². The molecule has 1 aromatic heterocycles. The first-order valence-electron chi connectivity index (χ1n) is 6.83. The van der Waals surface area contributed by atoms with E-state index in [-0.39, 0.29) is 5.96 Å². The number of hydrogen-bond acceptors (Lipinski definition) is 2. The van der Waals surface area contributed by atoms with Crippen LogP contribution in [0.2, 0.25) is 0 Å². The average Bonchev–Trinajstić information content (AvgIpc) is 2.54. The monoisotopic (exact) mass is 308 g/mol. The molecule has 5 nitrogen and oxygen atoms in total. The Hall–Kier alpha value is -3.28. The van der Waals surface area contributed by atoms with Crippen molar-refractivity contribution in [3.8, 4) is 11.1 Å². The molecule has 0 spiro atoms. The van der Waals surface area contributed by atoms with E-state index in [9.17, 15) is 9.18 Å². The fourth-order valence-corrected chi connectivity index (χ4v) is 2.42. The fraction of sp³-hybridized carbons (Fsp3) is 0. The number of aliphatic imine (C=N–C) groups is 1. The molecule has 0 atom stereocenters. The van der Waals surface area contributed by atoms with Gasteiger partial charge in [0, 0.05) is 17.3 Å². The number of nitrogens with zero attached hydrogens (tertiary/aromatic N) is 2. The summed E-state index contributed by atoms with van der Waals surface area (Å²) >= 11 is 0. The molecule has 0 radical (unpaired) electrons. The third-order valence-electron chi connectivity index (χ3n) is 3.42. The predicted octanol–water partition coefficient (Wildman–Crippen LogP) is 2.45. The number of carbonyl (C=O) groups excluding carboxylic acids is 1. The third-order valence-corrected chi connectivity index (χ3v) is 3.42. The molecule has 0 unspecified atom stereocenters. The van der Waals surface area contributed by atoms with Crippen molar-refractivity contribution in [3.05, 3.63) is 66.2 Å². The molecule has 6 heteroatoms. The van der Waals surface area contributed by atoms with Crippen molar-refractivity contribution >= 4 is 22.6 Å². The molecule has 0 saturated carbocycles. The largest absolute Gasteiger partial charge is 0.370 e. The van der Waals surface area contributed by atoms with Gasteiger partial charge in [0.25, 0.3) is 5.91 Å². The highest BCUT2D eigenvalue weighted by Gasteiger charge is 2.11. The summed E-state index contributed by atoms with van der Waals surface area (Å²) in [6.07, 6.45) is 2.67. The minimum Gasteiger partial charge on any atom is -0.370 e. The van der Waals surface area contributed by atoms with Gasteiger partial charge >= 0.3 is 0 Å². The normalized spacial score (nSPS) is 10.5. The number of nitrogens with two attached hydrogens (primary N) is 2. The molecule has 4 N–H and O–H groups in total. The van der Waals surface area contributed by atoms with Gasteiger partial charge in [-0.1, -0.05) is 24.3 Å². The number of benzene rings is 2. The molecule has 0 saturated heterocycles. The van der Waals surface area contributed by atoms with Crippen molar-refractivity contribution in [3.63, 3.8) is 0 Å². The second-order valence-corrected chi connectivity index (χ2v) is 4.94. The van der Waals surface area contributed by atoms with Crippen LogP contribution in [0, 0.1) is 5.82 Å². The Morgan fingerprint density at radius 3 is 2.65 bits per heavy atom. The summed E-state index contributed by atoms with van der Waals surface area (Å²) in [5.41, 5.74) is 11.9. The lowest BCUT2D eigenvalue weighted by Crippen LogP contribution is -2.24. The highest BCUT2D eigenvalue weighted by atomic mass is 19.1. The maximum atomic E-state index is 14.1. The molecule has 1 amide bonds. The quantitative estimate of drug-likeness (QED) is 0.561. The topological polar surface area (TPSA) is 94.4 Å². The standard InChI is InChI=1S/C17H13FN4O/c18-15-9-21-7-6-13(15)12-3-1-2-10-4-5-11(8-14(10)12)16(23)22-17(19)20/h1-9H,(H4,19,20,22,23). The lowest BCUT2D eigenvalue weighted by molar-refractivity contribution is 0.100. The summed E-state index contributed by atoms with van der Waals surface area (Å²) in [6, 6.07) is 12.1. The van der Waals surface area contributed by atoms with Crippen LogP contribution in [0.3, 0.4) is 0 Å². The van der Waals surface area contributed by atoms with Gasteiger partial charge in [-0.05, 0) is 34.5 Å². The zero-order chi connectivity index (χ0) is 16.4. The Labute approximate surface area is 131 Å². The summed E-state index contributed by atoms with van der Waals surface area (Å²) in [5.74, 6) is -1.28. The Kier molecular flexibility index (Phi) is 3.72. The van der Waals surface area contributed by atoms with Crippen molar-refractivity contribution in [2.45, 2.75) is 0 Å². The van der Waals surface area contributed by atoms with Crippen LogP contribution >= 0.6 is 0 Å². The van der Waals surface area contributed by atoms with Crippen LogP contribution in [0.1, 0.15) is 10.4 Å². The maximum Gasteiger partial charge on any atom is 0.280 e. The number of aromatic nitrogens is 1. The number of hydrogen-bond donors (Lipinski definition) is 2. The lowest BCUT2D eigenvalue weighted by atomic mass is 9.97. The molecule has 0 aliphatic heterocycles. The maximum absolute atomic E-state index is 14.1. The zero-order valence-corrected chi connectivity index (χ0v) is 12.0. The van der Waals surface area contributed by atoms with Gasteiger partial charge in [-0.15, -0.1) is 0 Å². The van der Waals surface area contributed by atoms with Crippen molar-refractivity contribution in [1.29, 1.82) is 0 Å². The van der Waals surface area contributed by atoms with Crippen molar-refractivity contribution in [2.24, 2.45) is 16.5 Å². The number of rotatable bonds is 2. The number of amides is 1. The van der Waals surface area contributed by atoms with Crippen LogP contribution in [0.4, 0.5) is 4.39 Å². The van der Waals surface area contributed by atoms with Gasteiger partial charge in [0.05, 0.1) is 6.20 Å². The van der Waals surface area contributed by atoms with Crippen LogP contribution in [-0.2, 0) is 0 Å². The number of fused-ring (bicyclic) bond motifs is 1. The number of halogens is 1. The SMILES string of the molecule is NC(N)=NC(=O)c1ccc2cccc(-c3ccncc3F)c2c1. The number of pyridine rings is 1. The lowest BCUT2D eigenvalue weighted by Gasteiger charge is -2.08. The second-order valence-electron chi connectivity index (χ2n) is 4.94. The fourth-order valence-electron chi connectivity index (χ4n) is 2.42. The van der Waals surface area contributed by atoms with Crippen molar-refractivity contribution in [2.75, 3.05) is 0 Å². The van der Waals surface area contributed by atoms with Crippen LogP contribution in [0.15, 0.2) is 59.9 Å². The summed E-state index contributed by atoms with van der Waals surface area (Å²) < 4.78 is 14.1. The summed E-state index contributed by atoms with van der Waals surface area (Å²) in [7, 11) is 0. The first-order valence-corrected chi connectivity index (χ1v) is 6.83. The molecule has 23 heavy (non-hydrogen) atoms. The molecule has 0 aliphatic carbocycles. The molecule has 114 valence electrons. The summed E-state index contributed by atoms with van der Waals surface area (Å²) in [6.45, 7) is 0. The molecule has 0 fully saturated rings. The van der Waals surface area contributed by atoms with E-state index < -0.39 is 11.7 Å². The van der Waals surface area contributed by atoms with Gasteiger partial charge in [0.15, 0.2) is 5.96 Å². The Balaban J connectivity index is 2.22. The smallest absolute Gasteiger partial charge is 0.280 e. The average molecular weight is 308 g/mol. The van der Waals surface area contributed by atoms with Gasteiger partial charge < -0.3 is 11.5 Å². The molecular weight excluding hydrogens is 295 g/mol. The van der Waals surface area contributed by atoms with Gasteiger partial charge in [-0.25, -0.2) is 4.39 Å². The molecule has 0 bridgehead atoms. The Morgan fingerprint density at radius 2 is 1.91 bits per heavy atom. The van der Waals surface area contributed by atoms with Gasteiger partial charge in [0.2, 0.25) is 0 Å². The van der Waals surface area contributed by atoms with Crippen LogP contribution in [-0.4, -0.2) is 16.9 Å². The second kappa shape index (κ2) is 5.84. The Morgan fingerprint density at radius 1 is 1.09 bits per heavy atom. The summed E-state index contributed by atoms with van der Waals surface area (Å²) in [5, 5.41) is 1.61. The molecule has 0 aliphatic rings. The van der Waals surface area contributed by atoms with Crippen molar-refractivity contribution < 1.29 is 9.18 Å². The first-order chi connectivity index (χ1) is 11.1. The van der Waals surface area contributed by atoms with Crippen LogP contribution in [0.25, 0.3) is 21.9 Å².